The molecule has 160 valence electrons. The van der Waals surface area contributed by atoms with Gasteiger partial charge in [-0.1, -0.05) is 6.07 Å². The van der Waals surface area contributed by atoms with Crippen molar-refractivity contribution in [2.24, 2.45) is 5.73 Å². The maximum absolute atomic E-state index is 13.8. The summed E-state index contributed by atoms with van der Waals surface area (Å²) in [7, 11) is 1.40. The summed E-state index contributed by atoms with van der Waals surface area (Å²) in [5.74, 6) is -1.19. The van der Waals surface area contributed by atoms with E-state index in [1.165, 1.54) is 31.4 Å². The van der Waals surface area contributed by atoms with Crippen LogP contribution in [0.15, 0.2) is 42.5 Å². The van der Waals surface area contributed by atoms with Crippen LogP contribution < -0.4 is 15.8 Å². The molecule has 0 unspecified atom stereocenters. The van der Waals surface area contributed by atoms with Crippen LogP contribution in [0, 0.1) is 5.82 Å². The van der Waals surface area contributed by atoms with Crippen molar-refractivity contribution in [3.63, 3.8) is 0 Å². The van der Waals surface area contributed by atoms with Gasteiger partial charge in [0.1, 0.15) is 0 Å². The van der Waals surface area contributed by atoms with Crippen LogP contribution in [0.2, 0.25) is 0 Å². The number of primary amides is 1. The van der Waals surface area contributed by atoms with Gasteiger partial charge in [0.25, 0.3) is 0 Å². The number of nitrogens with two attached hydrogens (primary N) is 1. The molecule has 0 bridgehead atoms. The number of carbonyl (C=O) groups is 3. The molecule has 8 heteroatoms. The topological polar surface area (TPSA) is 102 Å². The van der Waals surface area contributed by atoms with E-state index < -0.39 is 11.7 Å². The highest BCUT2D eigenvalue weighted by Gasteiger charge is 2.14. The van der Waals surface area contributed by atoms with E-state index in [-0.39, 0.29) is 37.0 Å². The molecule has 0 spiro atoms. The Bertz CT molecular complexity index is 900. The fourth-order valence-electron chi connectivity index (χ4n) is 2.91. The first kappa shape index (κ1) is 22.9. The van der Waals surface area contributed by atoms with Gasteiger partial charge in [-0.25, -0.2) is 4.39 Å². The van der Waals surface area contributed by atoms with Gasteiger partial charge in [-0.3, -0.25) is 14.4 Å². The van der Waals surface area contributed by atoms with Crippen LogP contribution >= 0.6 is 0 Å². The molecule has 3 amide bonds. The van der Waals surface area contributed by atoms with Gasteiger partial charge in [-0.15, -0.1) is 0 Å². The minimum absolute atomic E-state index is 0.104. The van der Waals surface area contributed by atoms with E-state index in [0.29, 0.717) is 29.8 Å². The molecule has 2 aromatic carbocycles. The highest BCUT2D eigenvalue weighted by molar-refractivity contribution is 5.94. The van der Waals surface area contributed by atoms with Gasteiger partial charge in [0, 0.05) is 37.2 Å². The average Bonchev–Trinajstić information content (AvgIpc) is 2.73. The number of hydrogen-bond acceptors (Lipinski definition) is 4. The van der Waals surface area contributed by atoms with Gasteiger partial charge in [-0.05, 0) is 55.3 Å². The summed E-state index contributed by atoms with van der Waals surface area (Å²) in [6.07, 6.45) is 0.749. The first-order chi connectivity index (χ1) is 14.3. The Morgan fingerprint density at radius 1 is 1.10 bits per heavy atom. The highest BCUT2D eigenvalue weighted by Crippen LogP contribution is 2.18. The summed E-state index contributed by atoms with van der Waals surface area (Å²) in [6, 6.07) is 10.9. The number of ether oxygens (including phenoxy) is 1. The van der Waals surface area contributed by atoms with Crippen molar-refractivity contribution in [2.75, 3.05) is 25.5 Å². The predicted molar refractivity (Wildman–Crippen MR) is 112 cm³/mol. The fourth-order valence-corrected chi connectivity index (χ4v) is 2.91. The average molecular weight is 415 g/mol. The monoisotopic (exact) mass is 415 g/mol. The van der Waals surface area contributed by atoms with Crippen LogP contribution in [0.5, 0.6) is 5.75 Å². The minimum atomic E-state index is -0.539. The van der Waals surface area contributed by atoms with E-state index in [0.717, 1.165) is 0 Å². The molecule has 2 aromatic rings. The van der Waals surface area contributed by atoms with E-state index in [4.69, 9.17) is 10.5 Å². The molecule has 0 radical (unpaired) electrons. The second kappa shape index (κ2) is 10.9. The zero-order valence-electron chi connectivity index (χ0n) is 17.1. The molecule has 30 heavy (non-hydrogen) atoms. The summed E-state index contributed by atoms with van der Waals surface area (Å²) in [4.78, 5) is 37.3. The zero-order chi connectivity index (χ0) is 22.1. The Morgan fingerprint density at radius 2 is 1.80 bits per heavy atom. The molecule has 0 fully saturated rings. The first-order valence-electron chi connectivity index (χ1n) is 9.64. The Hall–Kier alpha value is -3.42. The lowest BCUT2D eigenvalue weighted by atomic mass is 10.1. The lowest BCUT2D eigenvalue weighted by Crippen LogP contribution is -2.33. The predicted octanol–water partition coefficient (Wildman–Crippen LogP) is 2.74. The molecular formula is C22H26FN3O4. The van der Waals surface area contributed by atoms with E-state index >= 15 is 0 Å². The molecule has 3 N–H and O–H groups in total. The Morgan fingerprint density at radius 3 is 2.37 bits per heavy atom. The molecule has 0 heterocycles. The van der Waals surface area contributed by atoms with Crippen LogP contribution in [-0.4, -0.2) is 42.8 Å². The van der Waals surface area contributed by atoms with Crippen LogP contribution in [0.25, 0.3) is 0 Å². The molecule has 0 aliphatic carbocycles. The SMILES string of the molecule is CCN(CCC(=O)Nc1ccc(C(N)=O)cc1)C(=O)CCc1ccc(OC)c(F)c1. The molecule has 0 saturated heterocycles. The molecular weight excluding hydrogens is 389 g/mol. The van der Waals surface area contributed by atoms with E-state index in [9.17, 15) is 18.8 Å². The second-order valence-electron chi connectivity index (χ2n) is 6.68. The van der Waals surface area contributed by atoms with Crippen molar-refractivity contribution >= 4 is 23.4 Å². The smallest absolute Gasteiger partial charge is 0.248 e. The third-order valence-electron chi connectivity index (χ3n) is 4.64. The summed E-state index contributed by atoms with van der Waals surface area (Å²) < 4.78 is 18.6. The number of methoxy groups -OCH3 is 1. The molecule has 0 aromatic heterocycles. The minimum Gasteiger partial charge on any atom is -0.494 e. The number of anilines is 1. The van der Waals surface area contributed by atoms with Crippen molar-refractivity contribution in [1.82, 2.24) is 4.90 Å². The molecule has 7 nitrogen and oxygen atoms in total. The lowest BCUT2D eigenvalue weighted by molar-refractivity contribution is -0.131. The summed E-state index contributed by atoms with van der Waals surface area (Å²) in [5, 5.41) is 2.72. The number of nitrogens with one attached hydrogen (secondary N) is 1. The zero-order valence-corrected chi connectivity index (χ0v) is 17.1. The van der Waals surface area contributed by atoms with E-state index in [1.54, 1.807) is 23.1 Å². The molecule has 0 saturated carbocycles. The van der Waals surface area contributed by atoms with Gasteiger partial charge in [0.05, 0.1) is 7.11 Å². The lowest BCUT2D eigenvalue weighted by Gasteiger charge is -2.20. The van der Waals surface area contributed by atoms with E-state index in [1.807, 2.05) is 6.92 Å². The molecule has 0 aliphatic heterocycles. The Kier molecular flexibility index (Phi) is 8.34. The number of benzene rings is 2. The maximum atomic E-state index is 13.8. The molecule has 0 aliphatic rings. The Balaban J connectivity index is 1.82. The third-order valence-corrected chi connectivity index (χ3v) is 4.64. The third kappa shape index (κ3) is 6.58. The number of carbonyl (C=O) groups excluding carboxylic acids is 3. The van der Waals surface area contributed by atoms with E-state index in [2.05, 4.69) is 5.32 Å². The Labute approximate surface area is 175 Å². The highest BCUT2D eigenvalue weighted by atomic mass is 19.1. The summed E-state index contributed by atoms with van der Waals surface area (Å²) in [5.41, 5.74) is 6.78. The largest absolute Gasteiger partial charge is 0.494 e. The number of amides is 3. The van der Waals surface area contributed by atoms with Crippen LogP contribution in [0.4, 0.5) is 10.1 Å². The van der Waals surface area contributed by atoms with Crippen LogP contribution in [-0.2, 0) is 16.0 Å². The normalized spacial score (nSPS) is 10.4. The first-order valence-corrected chi connectivity index (χ1v) is 9.64. The van der Waals surface area contributed by atoms with Crippen molar-refractivity contribution in [1.29, 1.82) is 0 Å². The van der Waals surface area contributed by atoms with Gasteiger partial charge in [0.2, 0.25) is 17.7 Å². The van der Waals surface area contributed by atoms with Crippen LogP contribution in [0.1, 0.15) is 35.7 Å². The second-order valence-corrected chi connectivity index (χ2v) is 6.68. The number of hydrogen-bond donors (Lipinski definition) is 2. The van der Waals surface area contributed by atoms with Gasteiger partial charge < -0.3 is 20.7 Å². The standard InChI is InChI=1S/C22H26FN3O4/c1-3-26(21(28)11-5-15-4-10-19(30-2)18(23)14-15)13-12-20(27)25-17-8-6-16(7-9-17)22(24)29/h4,6-10,14H,3,5,11-13H2,1-2H3,(H2,24,29)(H,25,27). The summed E-state index contributed by atoms with van der Waals surface area (Å²) >= 11 is 0. The van der Waals surface area contributed by atoms with Crippen molar-refractivity contribution in [3.8, 4) is 5.75 Å². The molecule has 0 atom stereocenters. The maximum Gasteiger partial charge on any atom is 0.248 e. The fraction of sp³-hybridized carbons (Fsp3) is 0.318. The van der Waals surface area contributed by atoms with Crippen molar-refractivity contribution in [3.05, 3.63) is 59.4 Å². The quantitative estimate of drug-likeness (QED) is 0.623. The van der Waals surface area contributed by atoms with Gasteiger partial charge in [-0.2, -0.15) is 0 Å². The molecule has 2 rings (SSSR count). The number of halogens is 1. The van der Waals surface area contributed by atoms with Crippen molar-refractivity contribution < 1.29 is 23.5 Å². The van der Waals surface area contributed by atoms with Gasteiger partial charge in [0.15, 0.2) is 11.6 Å². The van der Waals surface area contributed by atoms with Crippen LogP contribution in [0.3, 0.4) is 0 Å². The number of rotatable bonds is 10. The van der Waals surface area contributed by atoms with Gasteiger partial charge >= 0.3 is 0 Å². The number of nitrogens with zero attached hydrogens (tertiary/aromatic N) is 1. The number of aryl methyl sites for hydroxylation is 1. The summed E-state index contributed by atoms with van der Waals surface area (Å²) in [6.45, 7) is 2.58. The van der Waals surface area contributed by atoms with Crippen molar-refractivity contribution in [2.45, 2.75) is 26.2 Å².